The number of rotatable bonds is 7. The van der Waals surface area contributed by atoms with E-state index in [2.05, 4.69) is 15.0 Å². The highest BCUT2D eigenvalue weighted by atomic mass is 35.5. The van der Waals surface area contributed by atoms with Crippen LogP contribution in [0.5, 0.6) is 0 Å². The van der Waals surface area contributed by atoms with Crippen LogP contribution in [-0.4, -0.2) is 37.9 Å². The highest BCUT2D eigenvalue weighted by molar-refractivity contribution is 6.30. The zero-order chi connectivity index (χ0) is 16.8. The first-order chi connectivity index (χ1) is 11.7. The minimum absolute atomic E-state index is 0.117. The average Bonchev–Trinajstić information content (AvgIpc) is 3.05. The van der Waals surface area contributed by atoms with Crippen LogP contribution in [0.3, 0.4) is 0 Å². The Hall–Kier alpha value is -2.21. The van der Waals surface area contributed by atoms with E-state index in [1.54, 1.807) is 6.20 Å². The monoisotopic (exact) mass is 342 g/mol. The molecule has 3 rings (SSSR count). The molecule has 0 bridgehead atoms. The molecule has 0 spiro atoms. The van der Waals surface area contributed by atoms with Crippen molar-refractivity contribution in [1.29, 1.82) is 0 Å². The number of pyridine rings is 1. The second-order valence-electron chi connectivity index (χ2n) is 5.57. The van der Waals surface area contributed by atoms with Gasteiger partial charge in [0.25, 0.3) is 0 Å². The summed E-state index contributed by atoms with van der Waals surface area (Å²) in [7, 11) is 0. The lowest BCUT2D eigenvalue weighted by atomic mass is 10.2. The number of hydrogen-bond donors (Lipinski definition) is 1. The summed E-state index contributed by atoms with van der Waals surface area (Å²) in [6.07, 6.45) is 7.45. The van der Waals surface area contributed by atoms with E-state index in [1.165, 1.54) is 0 Å². The molecule has 5 nitrogen and oxygen atoms in total. The SMILES string of the molecule is OCCN(Cc1cccnc1)Cc1cnn(-c2ccc(Cl)cc2)c1. The highest BCUT2D eigenvalue weighted by Crippen LogP contribution is 2.15. The molecule has 2 aromatic heterocycles. The number of aromatic nitrogens is 3. The van der Waals surface area contributed by atoms with Crippen molar-refractivity contribution in [1.82, 2.24) is 19.7 Å². The summed E-state index contributed by atoms with van der Waals surface area (Å²) in [6.45, 7) is 2.16. The number of nitrogens with zero attached hydrogens (tertiary/aromatic N) is 4. The van der Waals surface area contributed by atoms with Gasteiger partial charge in [-0.2, -0.15) is 5.10 Å². The molecule has 0 atom stereocenters. The normalized spacial score (nSPS) is 11.1. The predicted molar refractivity (Wildman–Crippen MR) is 94.0 cm³/mol. The zero-order valence-corrected chi connectivity index (χ0v) is 14.0. The van der Waals surface area contributed by atoms with Crippen molar-refractivity contribution in [3.63, 3.8) is 0 Å². The van der Waals surface area contributed by atoms with Gasteiger partial charge in [-0.25, -0.2) is 4.68 Å². The van der Waals surface area contributed by atoms with E-state index in [0.29, 0.717) is 18.1 Å². The van der Waals surface area contributed by atoms with Crippen LogP contribution in [0.1, 0.15) is 11.1 Å². The molecule has 0 radical (unpaired) electrons. The molecule has 24 heavy (non-hydrogen) atoms. The maximum atomic E-state index is 9.31. The molecule has 2 heterocycles. The van der Waals surface area contributed by atoms with Crippen LogP contribution in [0.4, 0.5) is 0 Å². The maximum absolute atomic E-state index is 9.31. The number of aliphatic hydroxyl groups is 1. The summed E-state index contributed by atoms with van der Waals surface area (Å²) in [4.78, 5) is 6.31. The Kier molecular flexibility index (Phi) is 5.59. The maximum Gasteiger partial charge on any atom is 0.0646 e. The van der Waals surface area contributed by atoms with Crippen molar-refractivity contribution in [2.45, 2.75) is 13.1 Å². The minimum Gasteiger partial charge on any atom is -0.395 e. The van der Waals surface area contributed by atoms with Gasteiger partial charge in [0.15, 0.2) is 0 Å². The summed E-state index contributed by atoms with van der Waals surface area (Å²) in [6, 6.07) is 11.5. The lowest BCUT2D eigenvalue weighted by Crippen LogP contribution is -2.26. The first kappa shape index (κ1) is 16.6. The van der Waals surface area contributed by atoms with E-state index in [9.17, 15) is 5.11 Å². The van der Waals surface area contributed by atoms with Crippen molar-refractivity contribution in [2.75, 3.05) is 13.2 Å². The molecular formula is C18H19ClN4O. The third-order valence-electron chi connectivity index (χ3n) is 3.68. The molecule has 0 aliphatic heterocycles. The second-order valence-corrected chi connectivity index (χ2v) is 6.00. The number of hydrogen-bond acceptors (Lipinski definition) is 4. The second kappa shape index (κ2) is 8.06. The number of halogens is 1. The lowest BCUT2D eigenvalue weighted by molar-refractivity contribution is 0.184. The topological polar surface area (TPSA) is 54.2 Å². The molecule has 0 saturated heterocycles. The van der Waals surface area contributed by atoms with E-state index < -0.39 is 0 Å². The van der Waals surface area contributed by atoms with Crippen LogP contribution in [-0.2, 0) is 13.1 Å². The van der Waals surface area contributed by atoms with Crippen molar-refractivity contribution in [3.05, 3.63) is 77.3 Å². The van der Waals surface area contributed by atoms with E-state index in [0.717, 1.165) is 23.4 Å². The molecule has 0 saturated carbocycles. The molecule has 0 fully saturated rings. The van der Waals surface area contributed by atoms with Gasteiger partial charge in [-0.15, -0.1) is 0 Å². The van der Waals surface area contributed by atoms with Crippen LogP contribution >= 0.6 is 11.6 Å². The molecule has 3 aromatic rings. The molecule has 1 N–H and O–H groups in total. The Labute approximate surface area is 146 Å². The third kappa shape index (κ3) is 4.41. The molecule has 6 heteroatoms. The molecule has 0 aliphatic carbocycles. The highest BCUT2D eigenvalue weighted by Gasteiger charge is 2.09. The van der Waals surface area contributed by atoms with E-state index in [1.807, 2.05) is 59.7 Å². The Balaban J connectivity index is 1.70. The van der Waals surface area contributed by atoms with Crippen molar-refractivity contribution in [3.8, 4) is 5.69 Å². The van der Waals surface area contributed by atoms with Gasteiger partial charge in [-0.3, -0.25) is 9.88 Å². The van der Waals surface area contributed by atoms with Gasteiger partial charge in [0.2, 0.25) is 0 Å². The Morgan fingerprint density at radius 2 is 1.83 bits per heavy atom. The average molecular weight is 343 g/mol. The lowest BCUT2D eigenvalue weighted by Gasteiger charge is -2.20. The van der Waals surface area contributed by atoms with Crippen LogP contribution in [0.25, 0.3) is 5.69 Å². The summed E-state index contributed by atoms with van der Waals surface area (Å²) in [5.41, 5.74) is 3.17. The first-order valence-electron chi connectivity index (χ1n) is 7.76. The molecule has 124 valence electrons. The summed E-state index contributed by atoms with van der Waals surface area (Å²) in [5.74, 6) is 0. The summed E-state index contributed by atoms with van der Waals surface area (Å²) < 4.78 is 1.83. The standard InChI is InChI=1S/C18H19ClN4O/c19-17-3-5-18(6-4-17)23-14-16(11-21-23)13-22(8-9-24)12-15-2-1-7-20-10-15/h1-7,10-11,14,24H,8-9,12-13H2. The van der Waals surface area contributed by atoms with E-state index in [4.69, 9.17) is 11.6 Å². The fourth-order valence-electron chi connectivity index (χ4n) is 2.54. The van der Waals surface area contributed by atoms with Gasteiger partial charge in [-0.05, 0) is 35.9 Å². The molecule has 0 aliphatic rings. The van der Waals surface area contributed by atoms with Crippen LogP contribution in [0.2, 0.25) is 5.02 Å². The van der Waals surface area contributed by atoms with Crippen molar-refractivity contribution >= 4 is 11.6 Å². The van der Waals surface area contributed by atoms with Gasteiger partial charge >= 0.3 is 0 Å². The largest absolute Gasteiger partial charge is 0.395 e. The van der Waals surface area contributed by atoms with Crippen LogP contribution in [0.15, 0.2) is 61.2 Å². The molecular weight excluding hydrogens is 324 g/mol. The number of aliphatic hydroxyl groups excluding tert-OH is 1. The summed E-state index contributed by atoms with van der Waals surface area (Å²) in [5, 5.41) is 14.4. The van der Waals surface area contributed by atoms with Crippen LogP contribution in [0, 0.1) is 0 Å². The molecule has 1 aromatic carbocycles. The van der Waals surface area contributed by atoms with Crippen molar-refractivity contribution < 1.29 is 5.11 Å². The quantitative estimate of drug-likeness (QED) is 0.717. The Morgan fingerprint density at radius 1 is 1.04 bits per heavy atom. The van der Waals surface area contributed by atoms with E-state index in [-0.39, 0.29) is 6.61 Å². The van der Waals surface area contributed by atoms with Gasteiger partial charge in [-0.1, -0.05) is 17.7 Å². The third-order valence-corrected chi connectivity index (χ3v) is 3.93. The van der Waals surface area contributed by atoms with Gasteiger partial charge in [0.1, 0.15) is 0 Å². The Morgan fingerprint density at radius 3 is 2.54 bits per heavy atom. The van der Waals surface area contributed by atoms with Crippen molar-refractivity contribution in [2.24, 2.45) is 0 Å². The minimum atomic E-state index is 0.117. The fraction of sp³-hybridized carbons (Fsp3) is 0.222. The predicted octanol–water partition coefficient (Wildman–Crippen LogP) is 2.92. The van der Waals surface area contributed by atoms with Gasteiger partial charge in [0.05, 0.1) is 18.5 Å². The Bertz CT molecular complexity index is 758. The smallest absolute Gasteiger partial charge is 0.0646 e. The molecule has 0 unspecified atom stereocenters. The fourth-order valence-corrected chi connectivity index (χ4v) is 2.67. The van der Waals surface area contributed by atoms with Gasteiger partial charge in [0, 0.05) is 48.8 Å². The first-order valence-corrected chi connectivity index (χ1v) is 8.14. The molecule has 0 amide bonds. The zero-order valence-electron chi connectivity index (χ0n) is 13.2. The summed E-state index contributed by atoms with van der Waals surface area (Å²) >= 11 is 5.92. The van der Waals surface area contributed by atoms with Gasteiger partial charge < -0.3 is 5.11 Å². The van der Waals surface area contributed by atoms with Crippen LogP contribution < -0.4 is 0 Å². The van der Waals surface area contributed by atoms with E-state index >= 15 is 0 Å². The number of benzene rings is 1.